The van der Waals surface area contributed by atoms with Crippen molar-refractivity contribution in [3.63, 3.8) is 0 Å². The molecule has 0 aliphatic carbocycles. The highest BCUT2D eigenvalue weighted by Gasteiger charge is 1.79. The Morgan fingerprint density at radius 3 is 2.31 bits per heavy atom. The van der Waals surface area contributed by atoms with Crippen molar-refractivity contribution >= 4 is 0 Å². The maximum atomic E-state index is 8.29. The molecule has 0 spiro atoms. The molecule has 4 heteroatoms. The number of nitriles is 1. The number of hydrogen-bond donors (Lipinski definition) is 0. The quantitative estimate of drug-likeness (QED) is 0.607. The van der Waals surface area contributed by atoms with Crippen LogP contribution in [0.1, 0.15) is 5.56 Å². The van der Waals surface area contributed by atoms with Crippen molar-refractivity contribution in [1.82, 2.24) is 10.1 Å². The van der Waals surface area contributed by atoms with E-state index in [0.717, 1.165) is 0 Å². The number of hydrogen-bond acceptors (Lipinski definition) is 4. The Kier molecular flexibility index (Phi) is 3.78. The SMILES string of the molecule is N#Cc1ccccc1.c1ncon1. The molecule has 0 aliphatic heterocycles. The molecule has 0 N–H and O–H groups in total. The molecule has 0 bridgehead atoms. The highest BCUT2D eigenvalue weighted by molar-refractivity contribution is 5.27. The molecule has 0 saturated heterocycles. The van der Waals surface area contributed by atoms with Crippen molar-refractivity contribution in [3.05, 3.63) is 48.6 Å². The van der Waals surface area contributed by atoms with Crippen LogP contribution in [0.3, 0.4) is 0 Å². The van der Waals surface area contributed by atoms with Crippen LogP contribution in [0.2, 0.25) is 0 Å². The van der Waals surface area contributed by atoms with Crippen LogP contribution in [-0.2, 0) is 0 Å². The van der Waals surface area contributed by atoms with E-state index < -0.39 is 0 Å². The molecule has 0 fully saturated rings. The smallest absolute Gasteiger partial charge is 0.213 e. The lowest BCUT2D eigenvalue weighted by molar-refractivity contribution is 0.416. The minimum atomic E-state index is 0.715. The number of aromatic nitrogens is 2. The van der Waals surface area contributed by atoms with Crippen molar-refractivity contribution in [2.75, 3.05) is 0 Å². The van der Waals surface area contributed by atoms with Gasteiger partial charge in [0.05, 0.1) is 11.6 Å². The maximum Gasteiger partial charge on any atom is 0.213 e. The topological polar surface area (TPSA) is 62.7 Å². The summed E-state index contributed by atoms with van der Waals surface area (Å²) in [4.78, 5) is 3.44. The van der Waals surface area contributed by atoms with Crippen LogP contribution in [0.25, 0.3) is 0 Å². The van der Waals surface area contributed by atoms with Gasteiger partial charge in [0, 0.05) is 0 Å². The third kappa shape index (κ3) is 3.68. The highest BCUT2D eigenvalue weighted by Crippen LogP contribution is 1.93. The standard InChI is InChI=1S/C7H5N.C2H2N2O/c8-6-7-4-2-1-3-5-7;1-3-2-5-4-1/h1-5H;1-2H. The van der Waals surface area contributed by atoms with E-state index in [0.29, 0.717) is 5.56 Å². The van der Waals surface area contributed by atoms with Crippen molar-refractivity contribution in [2.24, 2.45) is 0 Å². The third-order valence-electron chi connectivity index (χ3n) is 1.19. The molecular weight excluding hydrogens is 166 g/mol. The van der Waals surface area contributed by atoms with Crippen LogP contribution in [-0.4, -0.2) is 10.1 Å². The Morgan fingerprint density at radius 1 is 1.23 bits per heavy atom. The minimum absolute atomic E-state index is 0.715. The van der Waals surface area contributed by atoms with Crippen molar-refractivity contribution in [1.29, 1.82) is 5.26 Å². The van der Waals surface area contributed by atoms with Gasteiger partial charge in [0.1, 0.15) is 0 Å². The molecule has 0 atom stereocenters. The molecular formula is C9H7N3O. The number of rotatable bonds is 0. The van der Waals surface area contributed by atoms with Crippen molar-refractivity contribution < 1.29 is 4.52 Å². The van der Waals surface area contributed by atoms with Crippen LogP contribution in [0.5, 0.6) is 0 Å². The fourth-order valence-electron chi connectivity index (χ4n) is 0.649. The minimum Gasteiger partial charge on any atom is -0.343 e. The fourth-order valence-corrected chi connectivity index (χ4v) is 0.649. The van der Waals surface area contributed by atoms with Gasteiger partial charge in [-0.3, -0.25) is 0 Å². The maximum absolute atomic E-state index is 8.29. The molecule has 0 saturated carbocycles. The molecule has 1 heterocycles. The highest BCUT2D eigenvalue weighted by atomic mass is 16.5. The van der Waals surface area contributed by atoms with Crippen LogP contribution in [0.15, 0.2) is 47.6 Å². The van der Waals surface area contributed by atoms with Crippen LogP contribution in [0.4, 0.5) is 0 Å². The predicted molar refractivity (Wildman–Crippen MR) is 45.5 cm³/mol. The lowest BCUT2D eigenvalue weighted by Crippen LogP contribution is -1.66. The second-order valence-electron chi connectivity index (χ2n) is 2.06. The summed E-state index contributed by atoms with van der Waals surface area (Å²) >= 11 is 0. The van der Waals surface area contributed by atoms with E-state index in [4.69, 9.17) is 5.26 Å². The van der Waals surface area contributed by atoms with Crippen LogP contribution >= 0.6 is 0 Å². The summed E-state index contributed by atoms with van der Waals surface area (Å²) in [6, 6.07) is 11.2. The van der Waals surface area contributed by atoms with Gasteiger partial charge in [0.25, 0.3) is 0 Å². The summed E-state index contributed by atoms with van der Waals surface area (Å²) in [7, 11) is 0. The Morgan fingerprint density at radius 2 is 2.00 bits per heavy atom. The molecule has 0 amide bonds. The Balaban J connectivity index is 0.000000145. The van der Waals surface area contributed by atoms with Crippen LogP contribution < -0.4 is 0 Å². The Hall–Kier alpha value is -2.15. The summed E-state index contributed by atoms with van der Waals surface area (Å²) in [5, 5.41) is 11.5. The zero-order valence-electron chi connectivity index (χ0n) is 6.79. The molecule has 0 radical (unpaired) electrons. The first-order valence-electron chi connectivity index (χ1n) is 3.58. The number of nitrogens with zero attached hydrogens (tertiary/aromatic N) is 3. The molecule has 4 nitrogen and oxygen atoms in total. The lowest BCUT2D eigenvalue weighted by Gasteiger charge is -1.80. The first-order chi connectivity index (χ1) is 6.43. The van der Waals surface area contributed by atoms with E-state index in [1.54, 1.807) is 12.1 Å². The molecule has 2 aromatic rings. The molecule has 13 heavy (non-hydrogen) atoms. The molecule has 64 valence electrons. The van der Waals surface area contributed by atoms with E-state index in [1.165, 1.54) is 12.7 Å². The van der Waals surface area contributed by atoms with Crippen LogP contribution in [0, 0.1) is 11.3 Å². The summed E-state index contributed by atoms with van der Waals surface area (Å²) < 4.78 is 4.22. The zero-order chi connectivity index (χ0) is 9.36. The zero-order valence-corrected chi connectivity index (χ0v) is 6.79. The van der Waals surface area contributed by atoms with Gasteiger partial charge in [0.15, 0.2) is 6.33 Å². The summed E-state index contributed by atoms with van der Waals surface area (Å²) in [5.41, 5.74) is 0.715. The van der Waals surface area contributed by atoms with E-state index in [9.17, 15) is 0 Å². The lowest BCUT2D eigenvalue weighted by atomic mass is 10.2. The Labute approximate surface area is 75.4 Å². The summed E-state index contributed by atoms with van der Waals surface area (Å²) in [5.74, 6) is 0. The second-order valence-corrected chi connectivity index (χ2v) is 2.06. The summed E-state index contributed by atoms with van der Waals surface area (Å²) in [6.07, 6.45) is 2.60. The van der Waals surface area contributed by atoms with Gasteiger partial charge in [-0.15, -0.1) is 0 Å². The van der Waals surface area contributed by atoms with Gasteiger partial charge in [-0.1, -0.05) is 23.4 Å². The first kappa shape index (κ1) is 8.94. The first-order valence-corrected chi connectivity index (χ1v) is 3.58. The number of benzene rings is 1. The van der Waals surface area contributed by atoms with Crippen molar-refractivity contribution in [3.8, 4) is 6.07 Å². The normalized spacial score (nSPS) is 7.92. The van der Waals surface area contributed by atoms with E-state index in [2.05, 4.69) is 14.7 Å². The largest absolute Gasteiger partial charge is 0.343 e. The average Bonchev–Trinajstić information content (AvgIpc) is 2.77. The third-order valence-corrected chi connectivity index (χ3v) is 1.19. The van der Waals surface area contributed by atoms with E-state index >= 15 is 0 Å². The van der Waals surface area contributed by atoms with Gasteiger partial charge in [-0.05, 0) is 12.1 Å². The molecule has 2 rings (SSSR count). The Bertz CT molecular complexity index is 333. The van der Waals surface area contributed by atoms with E-state index in [1.807, 2.05) is 24.3 Å². The van der Waals surface area contributed by atoms with Crippen molar-refractivity contribution in [2.45, 2.75) is 0 Å². The van der Waals surface area contributed by atoms with Gasteiger partial charge in [0.2, 0.25) is 6.39 Å². The molecule has 0 unspecified atom stereocenters. The second kappa shape index (κ2) is 5.49. The molecule has 1 aromatic heterocycles. The predicted octanol–water partition coefficient (Wildman–Crippen LogP) is 1.63. The average molecular weight is 173 g/mol. The summed E-state index contributed by atoms with van der Waals surface area (Å²) in [6.45, 7) is 0. The van der Waals surface area contributed by atoms with Gasteiger partial charge < -0.3 is 4.52 Å². The fraction of sp³-hybridized carbons (Fsp3) is 0. The molecule has 1 aromatic carbocycles. The monoisotopic (exact) mass is 173 g/mol. The molecule has 0 aliphatic rings. The van der Waals surface area contributed by atoms with Gasteiger partial charge in [-0.2, -0.15) is 5.26 Å². The van der Waals surface area contributed by atoms with Gasteiger partial charge >= 0.3 is 0 Å². The van der Waals surface area contributed by atoms with E-state index in [-0.39, 0.29) is 0 Å². The van der Waals surface area contributed by atoms with Gasteiger partial charge in [-0.25, -0.2) is 4.98 Å².